The standard InChI is InChI=1S/C16H16O3/c1-18-11-13-5-3-4-6-15(13)12-7-8-16(19-2)14(9-12)10-17/h3-10H,11H2,1-2H3. The molecule has 0 aromatic heterocycles. The highest BCUT2D eigenvalue weighted by Gasteiger charge is 2.08. The third-order valence-corrected chi connectivity index (χ3v) is 2.98. The Morgan fingerprint density at radius 1 is 1.11 bits per heavy atom. The van der Waals surface area contributed by atoms with Crippen molar-refractivity contribution in [3.8, 4) is 16.9 Å². The molecule has 0 spiro atoms. The summed E-state index contributed by atoms with van der Waals surface area (Å²) in [6.07, 6.45) is 0.807. The minimum Gasteiger partial charge on any atom is -0.496 e. The fourth-order valence-electron chi connectivity index (χ4n) is 2.08. The van der Waals surface area contributed by atoms with Gasteiger partial charge in [-0.2, -0.15) is 0 Å². The van der Waals surface area contributed by atoms with E-state index in [0.29, 0.717) is 17.9 Å². The van der Waals surface area contributed by atoms with E-state index >= 15 is 0 Å². The summed E-state index contributed by atoms with van der Waals surface area (Å²) in [5, 5.41) is 0. The van der Waals surface area contributed by atoms with E-state index in [9.17, 15) is 4.79 Å². The molecule has 0 amide bonds. The van der Waals surface area contributed by atoms with Crippen molar-refractivity contribution in [2.24, 2.45) is 0 Å². The fraction of sp³-hybridized carbons (Fsp3) is 0.188. The van der Waals surface area contributed by atoms with E-state index in [0.717, 1.165) is 23.0 Å². The Balaban J connectivity index is 2.50. The lowest BCUT2D eigenvalue weighted by Crippen LogP contribution is -1.94. The highest BCUT2D eigenvalue weighted by Crippen LogP contribution is 2.28. The van der Waals surface area contributed by atoms with Crippen molar-refractivity contribution in [3.05, 3.63) is 53.6 Å². The van der Waals surface area contributed by atoms with Crippen molar-refractivity contribution >= 4 is 6.29 Å². The largest absolute Gasteiger partial charge is 0.496 e. The van der Waals surface area contributed by atoms with Gasteiger partial charge in [0.05, 0.1) is 19.3 Å². The van der Waals surface area contributed by atoms with Crippen molar-refractivity contribution in [2.45, 2.75) is 6.61 Å². The molecule has 0 heterocycles. The molecule has 2 aromatic carbocycles. The van der Waals surface area contributed by atoms with E-state index in [-0.39, 0.29) is 0 Å². The number of hydrogen-bond acceptors (Lipinski definition) is 3. The van der Waals surface area contributed by atoms with Gasteiger partial charge in [0.25, 0.3) is 0 Å². The Morgan fingerprint density at radius 3 is 2.58 bits per heavy atom. The van der Waals surface area contributed by atoms with E-state index in [2.05, 4.69) is 0 Å². The maximum atomic E-state index is 11.1. The van der Waals surface area contributed by atoms with Crippen LogP contribution in [-0.4, -0.2) is 20.5 Å². The van der Waals surface area contributed by atoms with E-state index in [1.54, 1.807) is 14.2 Å². The average Bonchev–Trinajstić information content (AvgIpc) is 2.47. The molecular formula is C16H16O3. The zero-order valence-corrected chi connectivity index (χ0v) is 11.1. The molecule has 0 atom stereocenters. The fourth-order valence-corrected chi connectivity index (χ4v) is 2.08. The molecule has 2 aromatic rings. The summed E-state index contributed by atoms with van der Waals surface area (Å²) in [5.41, 5.74) is 3.69. The summed E-state index contributed by atoms with van der Waals surface area (Å²) >= 11 is 0. The van der Waals surface area contributed by atoms with Crippen LogP contribution in [0.2, 0.25) is 0 Å². The summed E-state index contributed by atoms with van der Waals surface area (Å²) < 4.78 is 10.3. The quantitative estimate of drug-likeness (QED) is 0.770. The van der Waals surface area contributed by atoms with E-state index in [4.69, 9.17) is 9.47 Å². The first-order valence-corrected chi connectivity index (χ1v) is 6.00. The van der Waals surface area contributed by atoms with Crippen LogP contribution in [-0.2, 0) is 11.3 Å². The predicted octanol–water partition coefficient (Wildman–Crippen LogP) is 3.32. The molecule has 0 unspecified atom stereocenters. The Bertz CT molecular complexity index is 576. The molecule has 3 nitrogen and oxygen atoms in total. The maximum absolute atomic E-state index is 11.1. The number of benzene rings is 2. The van der Waals surface area contributed by atoms with Crippen LogP contribution in [0.25, 0.3) is 11.1 Å². The molecular weight excluding hydrogens is 240 g/mol. The van der Waals surface area contributed by atoms with Crippen LogP contribution in [0.1, 0.15) is 15.9 Å². The number of ether oxygens (including phenoxy) is 2. The molecule has 0 fully saturated rings. The zero-order chi connectivity index (χ0) is 13.7. The van der Waals surface area contributed by atoms with Crippen LogP contribution in [0.5, 0.6) is 5.75 Å². The second-order valence-corrected chi connectivity index (χ2v) is 4.16. The first kappa shape index (κ1) is 13.3. The Kier molecular flexibility index (Phi) is 4.31. The second kappa shape index (κ2) is 6.16. The van der Waals surface area contributed by atoms with Gasteiger partial charge in [0.15, 0.2) is 6.29 Å². The summed E-state index contributed by atoms with van der Waals surface area (Å²) in [6.45, 7) is 0.540. The summed E-state index contributed by atoms with van der Waals surface area (Å²) in [7, 11) is 3.22. The van der Waals surface area contributed by atoms with Gasteiger partial charge in [0.2, 0.25) is 0 Å². The lowest BCUT2D eigenvalue weighted by Gasteiger charge is -2.11. The number of methoxy groups -OCH3 is 2. The minimum absolute atomic E-state index is 0.540. The molecule has 0 bridgehead atoms. The van der Waals surface area contributed by atoms with Crippen LogP contribution in [0.3, 0.4) is 0 Å². The Labute approximate surface area is 112 Å². The SMILES string of the molecule is COCc1ccccc1-c1ccc(OC)c(C=O)c1. The molecule has 0 radical (unpaired) electrons. The lowest BCUT2D eigenvalue weighted by molar-refractivity contribution is 0.112. The number of carbonyl (C=O) groups is 1. The van der Waals surface area contributed by atoms with Crippen molar-refractivity contribution in [1.82, 2.24) is 0 Å². The minimum atomic E-state index is 0.540. The smallest absolute Gasteiger partial charge is 0.153 e. The first-order chi connectivity index (χ1) is 9.30. The van der Waals surface area contributed by atoms with Crippen molar-refractivity contribution in [3.63, 3.8) is 0 Å². The van der Waals surface area contributed by atoms with Gasteiger partial charge in [-0.3, -0.25) is 4.79 Å². The van der Waals surface area contributed by atoms with Crippen LogP contribution in [0.4, 0.5) is 0 Å². The van der Waals surface area contributed by atoms with Crippen molar-refractivity contribution in [2.75, 3.05) is 14.2 Å². The van der Waals surface area contributed by atoms with Crippen LogP contribution >= 0.6 is 0 Å². The van der Waals surface area contributed by atoms with Gasteiger partial charge in [0, 0.05) is 7.11 Å². The van der Waals surface area contributed by atoms with E-state index in [1.165, 1.54) is 0 Å². The maximum Gasteiger partial charge on any atom is 0.153 e. The van der Waals surface area contributed by atoms with Crippen molar-refractivity contribution < 1.29 is 14.3 Å². The topological polar surface area (TPSA) is 35.5 Å². The molecule has 2 rings (SSSR count). The molecule has 0 aliphatic rings. The molecule has 98 valence electrons. The van der Waals surface area contributed by atoms with Gasteiger partial charge in [-0.1, -0.05) is 30.3 Å². The molecule has 0 aliphatic carbocycles. The normalized spacial score (nSPS) is 10.2. The van der Waals surface area contributed by atoms with Crippen LogP contribution < -0.4 is 4.74 Å². The molecule has 3 heteroatoms. The molecule has 0 N–H and O–H groups in total. The van der Waals surface area contributed by atoms with E-state index < -0.39 is 0 Å². The van der Waals surface area contributed by atoms with Crippen LogP contribution in [0.15, 0.2) is 42.5 Å². The number of rotatable bonds is 5. The second-order valence-electron chi connectivity index (χ2n) is 4.16. The average molecular weight is 256 g/mol. The number of hydrogen-bond donors (Lipinski definition) is 0. The molecule has 0 saturated heterocycles. The molecule has 0 saturated carbocycles. The Hall–Kier alpha value is -2.13. The van der Waals surface area contributed by atoms with Gasteiger partial charge in [-0.25, -0.2) is 0 Å². The third-order valence-electron chi connectivity index (χ3n) is 2.98. The lowest BCUT2D eigenvalue weighted by atomic mass is 9.98. The molecule has 19 heavy (non-hydrogen) atoms. The van der Waals surface area contributed by atoms with Gasteiger partial charge >= 0.3 is 0 Å². The summed E-state index contributed by atoms with van der Waals surface area (Å²) in [4.78, 5) is 11.1. The predicted molar refractivity (Wildman–Crippen MR) is 74.5 cm³/mol. The van der Waals surface area contributed by atoms with E-state index in [1.807, 2.05) is 42.5 Å². The highest BCUT2D eigenvalue weighted by molar-refractivity contribution is 5.83. The third kappa shape index (κ3) is 2.83. The monoisotopic (exact) mass is 256 g/mol. The zero-order valence-electron chi connectivity index (χ0n) is 11.1. The highest BCUT2D eigenvalue weighted by atomic mass is 16.5. The van der Waals surface area contributed by atoms with Gasteiger partial charge in [0.1, 0.15) is 5.75 Å². The number of carbonyl (C=O) groups excluding carboxylic acids is 1. The van der Waals surface area contributed by atoms with Gasteiger partial charge in [-0.15, -0.1) is 0 Å². The molecule has 0 aliphatic heterocycles. The van der Waals surface area contributed by atoms with Crippen molar-refractivity contribution in [1.29, 1.82) is 0 Å². The van der Waals surface area contributed by atoms with Gasteiger partial charge in [-0.05, 0) is 28.8 Å². The first-order valence-electron chi connectivity index (χ1n) is 6.00. The van der Waals surface area contributed by atoms with Crippen LogP contribution in [0, 0.1) is 0 Å². The summed E-state index contributed by atoms with van der Waals surface area (Å²) in [5.74, 6) is 0.586. The Morgan fingerprint density at radius 2 is 1.89 bits per heavy atom. The summed E-state index contributed by atoms with van der Waals surface area (Å²) in [6, 6.07) is 13.6. The van der Waals surface area contributed by atoms with Gasteiger partial charge < -0.3 is 9.47 Å². The number of aldehydes is 1.